The maximum absolute atomic E-state index is 7.06. The lowest BCUT2D eigenvalue weighted by Gasteiger charge is -2.33. The van der Waals surface area contributed by atoms with Crippen LogP contribution in [0.4, 0.5) is 34.1 Å². The van der Waals surface area contributed by atoms with Crippen LogP contribution in [0.1, 0.15) is 54.7 Å². The lowest BCUT2D eigenvalue weighted by molar-refractivity contribution is 0.444. The van der Waals surface area contributed by atoms with Gasteiger partial charge in [0, 0.05) is 49.1 Å². The van der Waals surface area contributed by atoms with Gasteiger partial charge in [-0.25, -0.2) is 0 Å². The highest BCUT2D eigenvalue weighted by Gasteiger charge is 2.30. The van der Waals surface area contributed by atoms with Gasteiger partial charge in [-0.1, -0.05) is 201 Å². The van der Waals surface area contributed by atoms with Crippen molar-refractivity contribution < 1.29 is 8.83 Å². The van der Waals surface area contributed by atoms with Gasteiger partial charge < -0.3 is 18.6 Å². The molecule has 0 spiro atoms. The SMILES string of the molecule is Cc1ccc(-c2ccccc2)cc1N(c1cc(N(c2cc(-c3ccccc3)ccc2C)c2cccc3c2oc2ccccc23)c2ccc3cc(C4CCCCC4)cc4ccc1c2c43)c1cccc2c1oc1ccccc12. The molecule has 2 aromatic heterocycles. The molecule has 0 bridgehead atoms. The summed E-state index contributed by atoms with van der Waals surface area (Å²) in [6.07, 6.45) is 6.40. The molecule has 0 unspecified atom stereocenters. The van der Waals surface area contributed by atoms with Gasteiger partial charge in [0.2, 0.25) is 0 Å². The smallest absolute Gasteiger partial charge is 0.159 e. The predicted molar refractivity (Wildman–Crippen MR) is 320 cm³/mol. The Morgan fingerprint density at radius 1 is 0.329 bits per heavy atom. The van der Waals surface area contributed by atoms with Crippen molar-refractivity contribution in [3.05, 3.63) is 241 Å². The zero-order valence-corrected chi connectivity index (χ0v) is 42.7. The third kappa shape index (κ3) is 7.12. The molecule has 1 aliphatic rings. The highest BCUT2D eigenvalue weighted by atomic mass is 16.3. The monoisotopic (exact) mass is 978 g/mol. The maximum atomic E-state index is 7.06. The van der Waals surface area contributed by atoms with Gasteiger partial charge in [0.25, 0.3) is 0 Å². The molecule has 76 heavy (non-hydrogen) atoms. The van der Waals surface area contributed by atoms with Crippen LogP contribution in [0.25, 0.3) is 98.4 Å². The van der Waals surface area contributed by atoms with Crippen LogP contribution in [0.15, 0.2) is 233 Å². The minimum absolute atomic E-state index is 0.570. The number of rotatable bonds is 9. The van der Waals surface area contributed by atoms with E-state index in [0.717, 1.165) is 122 Å². The highest BCUT2D eigenvalue weighted by molar-refractivity contribution is 6.30. The van der Waals surface area contributed by atoms with Crippen molar-refractivity contribution in [1.82, 2.24) is 0 Å². The Morgan fingerprint density at radius 3 is 1.29 bits per heavy atom. The quantitative estimate of drug-likeness (QED) is 0.135. The van der Waals surface area contributed by atoms with Gasteiger partial charge in [-0.05, 0) is 130 Å². The summed E-state index contributed by atoms with van der Waals surface area (Å²) in [5, 5.41) is 11.7. The lowest BCUT2D eigenvalue weighted by atomic mass is 9.82. The van der Waals surface area contributed by atoms with Gasteiger partial charge in [0.15, 0.2) is 11.2 Å². The molecule has 0 saturated heterocycles. The van der Waals surface area contributed by atoms with Crippen LogP contribution >= 0.6 is 0 Å². The molecule has 2 heterocycles. The summed E-state index contributed by atoms with van der Waals surface area (Å²) in [7, 11) is 0. The molecule has 1 fully saturated rings. The minimum Gasteiger partial charge on any atom is -0.454 e. The molecule has 0 amide bonds. The summed E-state index contributed by atoms with van der Waals surface area (Å²) in [5.41, 5.74) is 17.9. The van der Waals surface area contributed by atoms with Crippen LogP contribution in [0, 0.1) is 13.8 Å². The summed E-state index contributed by atoms with van der Waals surface area (Å²) < 4.78 is 14.1. The number of hydrogen-bond acceptors (Lipinski definition) is 4. The fourth-order valence-corrected chi connectivity index (χ4v) is 12.9. The Bertz CT molecular complexity index is 4270. The van der Waals surface area contributed by atoms with E-state index in [1.807, 2.05) is 0 Å². The summed E-state index contributed by atoms with van der Waals surface area (Å²) in [5.74, 6) is 0.570. The first-order valence-corrected chi connectivity index (χ1v) is 27.0. The second-order valence-electron chi connectivity index (χ2n) is 21.1. The predicted octanol–water partition coefficient (Wildman–Crippen LogP) is 21.3. The molecule has 4 nitrogen and oxygen atoms in total. The molecule has 14 aromatic rings. The van der Waals surface area contributed by atoms with E-state index in [9.17, 15) is 0 Å². The van der Waals surface area contributed by atoms with Gasteiger partial charge in [0.05, 0.1) is 22.7 Å². The molecular weight excluding hydrogens is 925 g/mol. The average Bonchev–Trinajstić information content (AvgIpc) is 4.17. The standard InChI is InChI=1S/C72H54N2O2/c1-45-32-34-50(47-18-6-3-7-19-47)42-63(45)73(61-28-16-26-57-55-24-12-14-30-67(55)75-71(57)61)65-44-66(60-39-37-53-41-54(49-22-10-5-11-23-49)40-52-36-38-59(65)70(60)69(52)53)74(64-43-51(35-33-46(64)2)48-20-8-4-9-21-48)62-29-17-27-58-56-25-13-15-31-68(56)76-72(58)62/h3-4,6-9,12-21,24-44,49H,5,10-11,22-23H2,1-2H3. The third-order valence-electron chi connectivity index (χ3n) is 16.6. The zero-order valence-electron chi connectivity index (χ0n) is 42.7. The van der Waals surface area contributed by atoms with E-state index < -0.39 is 0 Å². The number of anilines is 6. The first-order valence-electron chi connectivity index (χ1n) is 27.0. The van der Waals surface area contributed by atoms with Crippen LogP contribution in [0.5, 0.6) is 0 Å². The molecule has 4 heteroatoms. The third-order valence-corrected chi connectivity index (χ3v) is 16.6. The van der Waals surface area contributed by atoms with Crippen LogP contribution in [0.2, 0.25) is 0 Å². The van der Waals surface area contributed by atoms with Crippen LogP contribution in [-0.2, 0) is 0 Å². The van der Waals surface area contributed by atoms with Gasteiger partial charge in [-0.2, -0.15) is 0 Å². The fraction of sp³-hybridized carbons (Fsp3) is 0.111. The first kappa shape index (κ1) is 44.4. The maximum Gasteiger partial charge on any atom is 0.159 e. The van der Waals surface area contributed by atoms with Crippen molar-refractivity contribution in [2.75, 3.05) is 9.80 Å². The molecule has 0 N–H and O–H groups in total. The molecule has 0 aliphatic heterocycles. The van der Waals surface area contributed by atoms with Gasteiger partial charge in [0.1, 0.15) is 11.2 Å². The Morgan fingerprint density at radius 2 is 0.789 bits per heavy atom. The number of para-hydroxylation sites is 4. The topological polar surface area (TPSA) is 32.8 Å². The number of furan rings is 2. The lowest BCUT2D eigenvalue weighted by Crippen LogP contribution is -2.16. The molecule has 0 atom stereocenters. The minimum atomic E-state index is 0.570. The summed E-state index contributed by atoms with van der Waals surface area (Å²) in [4.78, 5) is 5.01. The zero-order chi connectivity index (χ0) is 50.4. The summed E-state index contributed by atoms with van der Waals surface area (Å²) in [6, 6.07) is 82.6. The van der Waals surface area contributed by atoms with E-state index in [-0.39, 0.29) is 0 Å². The van der Waals surface area contributed by atoms with Crippen molar-refractivity contribution in [2.45, 2.75) is 51.9 Å². The van der Waals surface area contributed by atoms with Crippen LogP contribution in [0.3, 0.4) is 0 Å². The molecule has 0 radical (unpaired) electrons. The van der Waals surface area contributed by atoms with Crippen molar-refractivity contribution in [3.63, 3.8) is 0 Å². The number of aryl methyl sites for hydroxylation is 2. The number of hydrogen-bond donors (Lipinski definition) is 0. The van der Waals surface area contributed by atoms with E-state index in [0.29, 0.717) is 5.92 Å². The van der Waals surface area contributed by atoms with Crippen molar-refractivity contribution in [1.29, 1.82) is 0 Å². The second-order valence-corrected chi connectivity index (χ2v) is 21.1. The Hall–Kier alpha value is -9.12. The Labute approximate surface area is 442 Å². The van der Waals surface area contributed by atoms with Gasteiger partial charge in [-0.15, -0.1) is 0 Å². The molecule has 12 aromatic carbocycles. The van der Waals surface area contributed by atoms with E-state index >= 15 is 0 Å². The van der Waals surface area contributed by atoms with Crippen LogP contribution < -0.4 is 9.80 Å². The van der Waals surface area contributed by atoms with Gasteiger partial charge in [-0.3, -0.25) is 0 Å². The molecule has 364 valence electrons. The number of nitrogens with zero attached hydrogens (tertiary/aromatic N) is 2. The molecule has 15 rings (SSSR count). The van der Waals surface area contributed by atoms with Crippen molar-refractivity contribution in [2.24, 2.45) is 0 Å². The number of benzene rings is 12. The summed E-state index contributed by atoms with van der Waals surface area (Å²) >= 11 is 0. The van der Waals surface area contributed by atoms with E-state index in [4.69, 9.17) is 8.83 Å². The normalized spacial score (nSPS) is 13.3. The van der Waals surface area contributed by atoms with Crippen LogP contribution in [-0.4, -0.2) is 0 Å². The molecular formula is C72H54N2O2. The van der Waals surface area contributed by atoms with Gasteiger partial charge >= 0.3 is 0 Å². The Kier molecular flexibility index (Phi) is 10.4. The highest BCUT2D eigenvalue weighted by Crippen LogP contribution is 2.54. The molecule has 1 aliphatic carbocycles. The fourth-order valence-electron chi connectivity index (χ4n) is 12.9. The van der Waals surface area contributed by atoms with E-state index in [1.165, 1.54) is 59.2 Å². The van der Waals surface area contributed by atoms with Crippen molar-refractivity contribution >= 4 is 110 Å². The van der Waals surface area contributed by atoms with Crippen molar-refractivity contribution in [3.8, 4) is 22.3 Å². The van der Waals surface area contributed by atoms with E-state index in [2.05, 4.69) is 248 Å². The van der Waals surface area contributed by atoms with E-state index in [1.54, 1.807) is 0 Å². The molecule has 1 saturated carbocycles. The Balaban J connectivity index is 1.10. The average molecular weight is 979 g/mol. The summed E-state index contributed by atoms with van der Waals surface area (Å²) in [6.45, 7) is 4.49. The first-order chi connectivity index (χ1) is 37.5. The largest absolute Gasteiger partial charge is 0.454 e. The number of fused-ring (bicyclic) bond motifs is 6. The second kappa shape index (κ2) is 17.8.